The Morgan fingerprint density at radius 3 is 2.64 bits per heavy atom. The molecule has 0 bridgehead atoms. The van der Waals surface area contributed by atoms with Gasteiger partial charge in [-0.15, -0.1) is 0 Å². The van der Waals surface area contributed by atoms with E-state index in [0.717, 1.165) is 6.07 Å². The van der Waals surface area contributed by atoms with Crippen molar-refractivity contribution in [2.75, 3.05) is 31.1 Å². The van der Waals surface area contributed by atoms with E-state index in [0.29, 0.717) is 55.1 Å². The third-order valence-corrected chi connectivity index (χ3v) is 4.88. The van der Waals surface area contributed by atoms with Crippen molar-refractivity contribution < 1.29 is 9.31 Å². The first-order valence-electron chi connectivity index (χ1n) is 8.90. The Balaban J connectivity index is 1.47. The van der Waals surface area contributed by atoms with Crippen LogP contribution in [0.3, 0.4) is 0 Å². The zero-order valence-corrected chi connectivity index (χ0v) is 15.0. The Hall–Kier alpha value is -3.33. The van der Waals surface area contributed by atoms with E-state index in [2.05, 4.69) is 14.9 Å². The number of rotatable bonds is 4. The Morgan fingerprint density at radius 2 is 1.89 bits per heavy atom. The lowest BCUT2D eigenvalue weighted by atomic mass is 10.2. The second-order valence-electron chi connectivity index (χ2n) is 6.68. The van der Waals surface area contributed by atoms with Crippen molar-refractivity contribution in [2.24, 2.45) is 0 Å². The SMILES string of the molecule is O=c1[nH]c(CN2CCN(c3ccc(F)cc3[N+](=O)[O-])CC2)nc2ccccc12. The number of anilines is 1. The highest BCUT2D eigenvalue weighted by Crippen LogP contribution is 2.29. The van der Waals surface area contributed by atoms with Crippen LogP contribution in [0.2, 0.25) is 0 Å². The minimum Gasteiger partial charge on any atom is -0.363 e. The van der Waals surface area contributed by atoms with Gasteiger partial charge in [0.15, 0.2) is 0 Å². The van der Waals surface area contributed by atoms with Crippen molar-refractivity contribution in [1.82, 2.24) is 14.9 Å². The van der Waals surface area contributed by atoms with Crippen LogP contribution >= 0.6 is 0 Å². The van der Waals surface area contributed by atoms with Crippen LogP contribution in [-0.2, 0) is 6.54 Å². The molecular weight excluding hydrogens is 365 g/mol. The molecule has 144 valence electrons. The van der Waals surface area contributed by atoms with Gasteiger partial charge in [-0.05, 0) is 24.3 Å². The number of nitro benzene ring substituents is 1. The van der Waals surface area contributed by atoms with Gasteiger partial charge in [-0.25, -0.2) is 9.37 Å². The fourth-order valence-electron chi connectivity index (χ4n) is 3.48. The molecule has 8 nitrogen and oxygen atoms in total. The molecule has 0 unspecified atom stereocenters. The maximum absolute atomic E-state index is 13.4. The lowest BCUT2D eigenvalue weighted by Crippen LogP contribution is -2.46. The molecule has 0 spiro atoms. The maximum atomic E-state index is 13.4. The Bertz CT molecular complexity index is 1090. The number of nitrogens with one attached hydrogen (secondary N) is 1. The summed E-state index contributed by atoms with van der Waals surface area (Å²) in [6.07, 6.45) is 0. The number of nitro groups is 1. The lowest BCUT2D eigenvalue weighted by Gasteiger charge is -2.35. The van der Waals surface area contributed by atoms with Crippen LogP contribution in [0, 0.1) is 15.9 Å². The number of fused-ring (bicyclic) bond motifs is 1. The predicted molar refractivity (Wildman–Crippen MR) is 103 cm³/mol. The van der Waals surface area contributed by atoms with Crippen LogP contribution in [-0.4, -0.2) is 46.0 Å². The van der Waals surface area contributed by atoms with E-state index in [4.69, 9.17) is 0 Å². The molecule has 1 fully saturated rings. The minimum absolute atomic E-state index is 0.166. The van der Waals surface area contributed by atoms with Crippen LogP contribution in [0.1, 0.15) is 5.82 Å². The number of para-hydroxylation sites is 1. The summed E-state index contributed by atoms with van der Waals surface area (Å²) >= 11 is 0. The molecule has 9 heteroatoms. The van der Waals surface area contributed by atoms with Gasteiger partial charge in [0.2, 0.25) is 0 Å². The molecule has 2 heterocycles. The van der Waals surface area contributed by atoms with E-state index < -0.39 is 10.7 Å². The standard InChI is InChI=1S/C19H18FN5O3/c20-13-5-6-16(17(11-13)25(27)28)24-9-7-23(8-10-24)12-18-21-15-4-2-1-3-14(15)19(26)22-18/h1-6,11H,7-10,12H2,(H,21,22,26). The van der Waals surface area contributed by atoms with Crippen molar-refractivity contribution in [3.63, 3.8) is 0 Å². The van der Waals surface area contributed by atoms with Gasteiger partial charge >= 0.3 is 0 Å². The molecule has 0 saturated carbocycles. The van der Waals surface area contributed by atoms with Crippen LogP contribution in [0.25, 0.3) is 10.9 Å². The smallest absolute Gasteiger partial charge is 0.295 e. The number of hydrogen-bond donors (Lipinski definition) is 1. The van der Waals surface area contributed by atoms with Crippen LogP contribution in [0.15, 0.2) is 47.3 Å². The summed E-state index contributed by atoms with van der Waals surface area (Å²) in [5.41, 5.74) is 0.681. The fourth-order valence-corrected chi connectivity index (χ4v) is 3.48. The molecule has 2 aromatic carbocycles. The molecule has 1 aliphatic heterocycles. The third kappa shape index (κ3) is 3.56. The normalized spacial score (nSPS) is 15.1. The zero-order valence-electron chi connectivity index (χ0n) is 15.0. The number of aromatic nitrogens is 2. The zero-order chi connectivity index (χ0) is 19.7. The summed E-state index contributed by atoms with van der Waals surface area (Å²) < 4.78 is 13.4. The lowest BCUT2D eigenvalue weighted by molar-refractivity contribution is -0.384. The van der Waals surface area contributed by atoms with Gasteiger partial charge in [0, 0.05) is 26.2 Å². The van der Waals surface area contributed by atoms with Crippen molar-refractivity contribution in [1.29, 1.82) is 0 Å². The summed E-state index contributed by atoms with van der Waals surface area (Å²) in [6, 6.07) is 10.8. The largest absolute Gasteiger partial charge is 0.363 e. The van der Waals surface area contributed by atoms with Gasteiger partial charge in [-0.2, -0.15) is 0 Å². The molecule has 4 rings (SSSR count). The summed E-state index contributed by atoms with van der Waals surface area (Å²) in [4.78, 5) is 34.2. The average molecular weight is 383 g/mol. The second kappa shape index (κ2) is 7.35. The van der Waals surface area contributed by atoms with Gasteiger partial charge in [-0.1, -0.05) is 12.1 Å². The van der Waals surface area contributed by atoms with E-state index in [9.17, 15) is 19.3 Å². The number of halogens is 1. The van der Waals surface area contributed by atoms with E-state index in [1.807, 2.05) is 11.0 Å². The molecule has 1 saturated heterocycles. The quantitative estimate of drug-likeness (QED) is 0.549. The second-order valence-corrected chi connectivity index (χ2v) is 6.68. The molecule has 1 aliphatic rings. The highest BCUT2D eigenvalue weighted by molar-refractivity contribution is 5.77. The van der Waals surface area contributed by atoms with Gasteiger partial charge in [-0.3, -0.25) is 19.8 Å². The van der Waals surface area contributed by atoms with E-state index in [1.165, 1.54) is 12.1 Å². The van der Waals surface area contributed by atoms with Gasteiger partial charge < -0.3 is 9.88 Å². The van der Waals surface area contributed by atoms with Crippen LogP contribution in [0.4, 0.5) is 15.8 Å². The Kier molecular flexibility index (Phi) is 4.74. The number of benzene rings is 2. The van der Waals surface area contributed by atoms with Crippen molar-refractivity contribution in [2.45, 2.75) is 6.54 Å². The average Bonchev–Trinajstić information content (AvgIpc) is 2.69. The number of H-pyrrole nitrogens is 1. The fraction of sp³-hybridized carbons (Fsp3) is 0.263. The number of aromatic amines is 1. The highest BCUT2D eigenvalue weighted by atomic mass is 19.1. The minimum atomic E-state index is -0.625. The Labute approximate surface area is 159 Å². The van der Waals surface area contributed by atoms with Crippen molar-refractivity contribution in [3.8, 4) is 0 Å². The number of nitrogens with zero attached hydrogens (tertiary/aromatic N) is 4. The molecule has 28 heavy (non-hydrogen) atoms. The molecule has 0 amide bonds. The van der Waals surface area contributed by atoms with Gasteiger partial charge in [0.1, 0.15) is 17.3 Å². The van der Waals surface area contributed by atoms with Crippen molar-refractivity contribution >= 4 is 22.3 Å². The van der Waals surface area contributed by atoms with E-state index in [1.54, 1.807) is 18.2 Å². The third-order valence-electron chi connectivity index (χ3n) is 4.88. The summed E-state index contributed by atoms with van der Waals surface area (Å²) in [7, 11) is 0. The summed E-state index contributed by atoms with van der Waals surface area (Å²) in [6.45, 7) is 2.89. The number of hydrogen-bond acceptors (Lipinski definition) is 6. The first-order valence-corrected chi connectivity index (χ1v) is 8.90. The highest BCUT2D eigenvalue weighted by Gasteiger charge is 2.24. The molecule has 1 N–H and O–H groups in total. The van der Waals surface area contributed by atoms with E-state index >= 15 is 0 Å². The van der Waals surface area contributed by atoms with Crippen molar-refractivity contribution in [3.05, 3.63) is 74.6 Å². The molecular formula is C19H18FN5O3. The first kappa shape index (κ1) is 18.1. The molecule has 0 atom stereocenters. The van der Waals surface area contributed by atoms with E-state index in [-0.39, 0.29) is 11.2 Å². The molecule has 0 radical (unpaired) electrons. The molecule has 0 aliphatic carbocycles. The molecule has 1 aromatic heterocycles. The van der Waals surface area contributed by atoms with Gasteiger partial charge in [0.25, 0.3) is 11.2 Å². The maximum Gasteiger partial charge on any atom is 0.295 e. The summed E-state index contributed by atoms with van der Waals surface area (Å²) in [5, 5.41) is 11.8. The summed E-state index contributed by atoms with van der Waals surface area (Å²) in [5.74, 6) is -0.0367. The monoisotopic (exact) mass is 383 g/mol. The first-order chi connectivity index (χ1) is 13.5. The van der Waals surface area contributed by atoms with Crippen LogP contribution in [0.5, 0.6) is 0 Å². The van der Waals surface area contributed by atoms with Gasteiger partial charge in [0.05, 0.1) is 28.4 Å². The number of piperazine rings is 1. The molecule has 3 aromatic rings. The predicted octanol–water partition coefficient (Wildman–Crippen LogP) is 2.29. The Morgan fingerprint density at radius 1 is 1.14 bits per heavy atom. The topological polar surface area (TPSA) is 95.4 Å². The van der Waals surface area contributed by atoms with Crippen LogP contribution < -0.4 is 10.5 Å².